The molecule has 7 heteroatoms. The van der Waals surface area contributed by atoms with Gasteiger partial charge in [0.25, 0.3) is 5.91 Å². The Morgan fingerprint density at radius 2 is 1.66 bits per heavy atom. The summed E-state index contributed by atoms with van der Waals surface area (Å²) in [4.78, 5) is 19.3. The molecule has 1 unspecified atom stereocenters. The van der Waals surface area contributed by atoms with Gasteiger partial charge in [-0.05, 0) is 54.4 Å². The number of para-hydroxylation sites is 1. The number of ether oxygens (including phenoxy) is 1. The van der Waals surface area contributed by atoms with Gasteiger partial charge in [-0.3, -0.25) is 9.69 Å². The molecule has 1 N–H and O–H groups in total. The van der Waals surface area contributed by atoms with Gasteiger partial charge in [-0.25, -0.2) is 4.98 Å². The van der Waals surface area contributed by atoms with Crippen LogP contribution in [0.25, 0.3) is 0 Å². The van der Waals surface area contributed by atoms with Crippen LogP contribution in [0.5, 0.6) is 11.5 Å². The number of benzene rings is 3. The highest BCUT2D eigenvalue weighted by molar-refractivity contribution is 5.91. The summed E-state index contributed by atoms with van der Waals surface area (Å²) < 4.78 is 17.0. The van der Waals surface area contributed by atoms with Gasteiger partial charge < -0.3 is 18.9 Å². The highest BCUT2D eigenvalue weighted by Crippen LogP contribution is 2.27. The number of furan rings is 1. The van der Waals surface area contributed by atoms with Crippen LogP contribution in [-0.2, 0) is 19.6 Å². The second kappa shape index (κ2) is 12.1. The minimum absolute atomic E-state index is 0.0676. The Labute approximate surface area is 221 Å². The van der Waals surface area contributed by atoms with Crippen molar-refractivity contribution < 1.29 is 18.4 Å². The Hall–Kier alpha value is -4.62. The number of nitrogens with zero attached hydrogens (tertiary/aromatic N) is 2. The van der Waals surface area contributed by atoms with Crippen LogP contribution in [0.2, 0.25) is 0 Å². The van der Waals surface area contributed by atoms with E-state index in [-0.39, 0.29) is 24.2 Å². The SMILES string of the molecule is CC(c1ccccc1)N(Cc1cccc(Oc2ccccc2)c1)Cc1nc(C(=O)NCc2ccco2)co1. The molecule has 5 rings (SSSR count). The first-order valence-corrected chi connectivity index (χ1v) is 12.5. The van der Waals surface area contributed by atoms with Crippen molar-refractivity contribution in [3.05, 3.63) is 138 Å². The van der Waals surface area contributed by atoms with E-state index in [9.17, 15) is 4.79 Å². The molecule has 2 aromatic heterocycles. The molecule has 0 aliphatic rings. The van der Waals surface area contributed by atoms with Crippen LogP contribution in [0.3, 0.4) is 0 Å². The number of oxazole rings is 1. The summed E-state index contributed by atoms with van der Waals surface area (Å²) in [7, 11) is 0. The van der Waals surface area contributed by atoms with Gasteiger partial charge in [-0.15, -0.1) is 0 Å². The fraction of sp³-hybridized carbons (Fsp3) is 0.161. The van der Waals surface area contributed by atoms with Gasteiger partial charge in [-0.2, -0.15) is 0 Å². The van der Waals surface area contributed by atoms with E-state index in [4.69, 9.17) is 13.6 Å². The van der Waals surface area contributed by atoms with E-state index in [0.717, 1.165) is 17.1 Å². The lowest BCUT2D eigenvalue weighted by molar-refractivity contribution is 0.0943. The van der Waals surface area contributed by atoms with Gasteiger partial charge in [0, 0.05) is 12.6 Å². The highest BCUT2D eigenvalue weighted by atomic mass is 16.5. The molecule has 0 spiro atoms. The first-order valence-electron chi connectivity index (χ1n) is 12.5. The van der Waals surface area contributed by atoms with Crippen LogP contribution in [0, 0.1) is 0 Å². The molecule has 3 aromatic carbocycles. The third kappa shape index (κ3) is 6.57. The molecule has 38 heavy (non-hydrogen) atoms. The molecule has 0 aliphatic carbocycles. The lowest BCUT2D eigenvalue weighted by atomic mass is 10.1. The van der Waals surface area contributed by atoms with Crippen molar-refractivity contribution in [1.29, 1.82) is 0 Å². The van der Waals surface area contributed by atoms with Crippen LogP contribution in [-0.4, -0.2) is 15.8 Å². The predicted molar refractivity (Wildman–Crippen MR) is 143 cm³/mol. The molecule has 2 heterocycles. The van der Waals surface area contributed by atoms with E-state index in [1.165, 1.54) is 11.8 Å². The van der Waals surface area contributed by atoms with E-state index in [2.05, 4.69) is 40.3 Å². The molecule has 0 radical (unpaired) electrons. The first-order chi connectivity index (χ1) is 18.6. The Balaban J connectivity index is 1.31. The zero-order chi connectivity index (χ0) is 26.2. The third-order valence-electron chi connectivity index (χ3n) is 6.22. The maximum Gasteiger partial charge on any atom is 0.273 e. The van der Waals surface area contributed by atoms with Gasteiger partial charge in [0.05, 0.1) is 19.4 Å². The number of rotatable bonds is 11. The largest absolute Gasteiger partial charge is 0.467 e. The van der Waals surface area contributed by atoms with Crippen molar-refractivity contribution in [3.8, 4) is 11.5 Å². The zero-order valence-corrected chi connectivity index (χ0v) is 21.1. The Kier molecular flexibility index (Phi) is 7.96. The molecule has 5 aromatic rings. The number of hydrogen-bond donors (Lipinski definition) is 1. The van der Waals surface area contributed by atoms with Crippen molar-refractivity contribution in [2.24, 2.45) is 0 Å². The van der Waals surface area contributed by atoms with Gasteiger partial charge in [-0.1, -0.05) is 60.7 Å². The molecule has 7 nitrogen and oxygen atoms in total. The molecule has 0 saturated heterocycles. The van der Waals surface area contributed by atoms with E-state index in [0.29, 0.717) is 24.7 Å². The molecule has 1 atom stereocenters. The number of carbonyl (C=O) groups is 1. The number of nitrogens with one attached hydrogen (secondary N) is 1. The lowest BCUT2D eigenvalue weighted by Crippen LogP contribution is -2.27. The zero-order valence-electron chi connectivity index (χ0n) is 21.1. The summed E-state index contributed by atoms with van der Waals surface area (Å²) >= 11 is 0. The molecule has 0 aliphatic heterocycles. The average Bonchev–Trinajstić information content (AvgIpc) is 3.65. The molecular formula is C31H29N3O4. The van der Waals surface area contributed by atoms with Gasteiger partial charge >= 0.3 is 0 Å². The lowest BCUT2D eigenvalue weighted by Gasteiger charge is -2.28. The summed E-state index contributed by atoms with van der Waals surface area (Å²) in [6.07, 6.45) is 2.97. The van der Waals surface area contributed by atoms with Crippen molar-refractivity contribution in [1.82, 2.24) is 15.2 Å². The Morgan fingerprint density at radius 1 is 0.895 bits per heavy atom. The second-order valence-corrected chi connectivity index (χ2v) is 8.94. The van der Waals surface area contributed by atoms with E-state index >= 15 is 0 Å². The highest BCUT2D eigenvalue weighted by Gasteiger charge is 2.21. The van der Waals surface area contributed by atoms with E-state index in [1.807, 2.05) is 66.7 Å². The van der Waals surface area contributed by atoms with Crippen molar-refractivity contribution in [2.75, 3.05) is 0 Å². The first kappa shape index (κ1) is 25.0. The van der Waals surface area contributed by atoms with Gasteiger partial charge in [0.1, 0.15) is 23.5 Å². The third-order valence-corrected chi connectivity index (χ3v) is 6.22. The monoisotopic (exact) mass is 507 g/mol. The second-order valence-electron chi connectivity index (χ2n) is 8.94. The molecule has 1 amide bonds. The summed E-state index contributed by atoms with van der Waals surface area (Å²) in [5.74, 6) is 2.38. The fourth-order valence-electron chi connectivity index (χ4n) is 4.17. The minimum Gasteiger partial charge on any atom is -0.467 e. The summed E-state index contributed by atoms with van der Waals surface area (Å²) in [5.41, 5.74) is 2.49. The summed E-state index contributed by atoms with van der Waals surface area (Å²) in [6.45, 7) is 3.49. The van der Waals surface area contributed by atoms with Crippen LogP contribution in [0.4, 0.5) is 0 Å². The van der Waals surface area contributed by atoms with Crippen molar-refractivity contribution in [2.45, 2.75) is 32.6 Å². The van der Waals surface area contributed by atoms with Gasteiger partial charge in [0.2, 0.25) is 5.89 Å². The van der Waals surface area contributed by atoms with Crippen LogP contribution < -0.4 is 10.1 Å². The summed E-state index contributed by atoms with van der Waals surface area (Å²) in [6, 6.07) is 31.7. The molecule has 0 saturated carbocycles. The van der Waals surface area contributed by atoms with E-state index < -0.39 is 0 Å². The molecular weight excluding hydrogens is 478 g/mol. The Bertz CT molecular complexity index is 1430. The Morgan fingerprint density at radius 3 is 2.42 bits per heavy atom. The topological polar surface area (TPSA) is 80.7 Å². The summed E-state index contributed by atoms with van der Waals surface area (Å²) in [5, 5.41) is 2.80. The van der Waals surface area contributed by atoms with Crippen LogP contribution >= 0.6 is 0 Å². The molecule has 0 fully saturated rings. The average molecular weight is 508 g/mol. The maximum absolute atomic E-state index is 12.6. The van der Waals surface area contributed by atoms with Crippen LogP contribution in [0.15, 0.2) is 118 Å². The number of carbonyl (C=O) groups excluding carboxylic acids is 1. The number of hydrogen-bond acceptors (Lipinski definition) is 6. The van der Waals surface area contributed by atoms with Crippen LogP contribution in [0.1, 0.15) is 46.2 Å². The van der Waals surface area contributed by atoms with Crippen molar-refractivity contribution in [3.63, 3.8) is 0 Å². The number of aromatic nitrogens is 1. The standard InChI is InChI=1S/C31H29N3O4/c1-23(25-11-4-2-5-12-25)34(20-24-10-8-15-27(18-24)38-26-13-6-3-7-14-26)21-30-33-29(22-37-30)31(35)32-19-28-16-9-17-36-28/h2-18,22-23H,19-21H2,1H3,(H,32,35). The van der Waals surface area contributed by atoms with Gasteiger partial charge in [0.15, 0.2) is 5.69 Å². The quantitative estimate of drug-likeness (QED) is 0.213. The van der Waals surface area contributed by atoms with Crippen molar-refractivity contribution >= 4 is 5.91 Å². The normalized spacial score (nSPS) is 11.8. The maximum atomic E-state index is 12.6. The smallest absolute Gasteiger partial charge is 0.273 e. The number of amides is 1. The molecule has 0 bridgehead atoms. The fourth-order valence-corrected chi connectivity index (χ4v) is 4.17. The molecule has 192 valence electrons. The minimum atomic E-state index is -0.315. The van der Waals surface area contributed by atoms with E-state index in [1.54, 1.807) is 18.4 Å². The predicted octanol–water partition coefficient (Wildman–Crippen LogP) is 6.75.